The molecule has 0 aliphatic carbocycles. The van der Waals surface area contributed by atoms with Crippen LogP contribution < -0.4 is 5.69 Å². The van der Waals surface area contributed by atoms with E-state index < -0.39 is 0 Å². The zero-order chi connectivity index (χ0) is 12.7. The fourth-order valence-electron chi connectivity index (χ4n) is 2.92. The van der Waals surface area contributed by atoms with Gasteiger partial charge in [0.1, 0.15) is 0 Å². The van der Waals surface area contributed by atoms with Gasteiger partial charge in [0, 0.05) is 0 Å². The molecule has 1 aromatic heterocycles. The van der Waals surface area contributed by atoms with E-state index in [9.17, 15) is 4.79 Å². The van der Waals surface area contributed by atoms with Crippen molar-refractivity contribution in [2.45, 2.75) is 32.4 Å². The highest BCUT2D eigenvalue weighted by Crippen LogP contribution is 2.26. The first kappa shape index (κ1) is 11.5. The molecule has 1 aromatic carbocycles. The fourth-order valence-corrected chi connectivity index (χ4v) is 2.92. The molecule has 1 aliphatic rings. The number of rotatable bonds is 1. The van der Waals surface area contributed by atoms with Crippen LogP contribution >= 0.6 is 0 Å². The molecule has 2 heterocycles. The molecule has 0 radical (unpaired) electrons. The Morgan fingerprint density at radius 3 is 2.94 bits per heavy atom. The Balaban J connectivity index is 2.16. The predicted molar refractivity (Wildman–Crippen MR) is 72.8 cm³/mol. The number of nitrogens with one attached hydrogen (secondary N) is 1. The zero-order valence-corrected chi connectivity index (χ0v) is 10.9. The summed E-state index contributed by atoms with van der Waals surface area (Å²) in [4.78, 5) is 17.4. The van der Waals surface area contributed by atoms with Gasteiger partial charge < -0.3 is 4.98 Å². The molecule has 1 fully saturated rings. The number of likely N-dealkylation sites (tertiary alicyclic amines) is 1. The van der Waals surface area contributed by atoms with Gasteiger partial charge in [-0.15, -0.1) is 0 Å². The number of benzene rings is 1. The molecule has 1 aliphatic heterocycles. The van der Waals surface area contributed by atoms with Gasteiger partial charge in [0.2, 0.25) is 0 Å². The second-order valence-corrected chi connectivity index (χ2v) is 5.28. The molecule has 96 valence electrons. The summed E-state index contributed by atoms with van der Waals surface area (Å²) >= 11 is 0. The van der Waals surface area contributed by atoms with Crippen molar-refractivity contribution >= 4 is 11.0 Å². The van der Waals surface area contributed by atoms with Gasteiger partial charge in [0.15, 0.2) is 0 Å². The van der Waals surface area contributed by atoms with E-state index in [0.717, 1.165) is 24.0 Å². The van der Waals surface area contributed by atoms with E-state index in [1.54, 1.807) is 0 Å². The third kappa shape index (κ3) is 1.77. The minimum Gasteiger partial charge on any atom is -0.305 e. The lowest BCUT2D eigenvalue weighted by Crippen LogP contribution is -2.37. The highest BCUT2D eigenvalue weighted by atomic mass is 16.1. The van der Waals surface area contributed by atoms with Crippen molar-refractivity contribution in [1.82, 2.24) is 14.5 Å². The van der Waals surface area contributed by atoms with Gasteiger partial charge in [-0.1, -0.05) is 6.07 Å². The smallest absolute Gasteiger partial charge is 0.305 e. The second-order valence-electron chi connectivity index (χ2n) is 5.28. The predicted octanol–water partition coefficient (Wildman–Crippen LogP) is 2.25. The third-order valence-electron chi connectivity index (χ3n) is 3.90. The number of piperidine rings is 1. The highest BCUT2D eigenvalue weighted by molar-refractivity contribution is 5.76. The lowest BCUT2D eigenvalue weighted by Gasteiger charge is -2.33. The standard InChI is InChI=1S/C14H19N3O/c1-10-6-7-12-11(9-10)15-14(18)17(12)13-5-3-4-8-16(13)2/h6-7,9,13H,3-5,8H2,1-2H3,(H,15,18). The number of H-pyrrole nitrogens is 1. The van der Waals surface area contributed by atoms with Crippen LogP contribution in [0, 0.1) is 6.92 Å². The van der Waals surface area contributed by atoms with Gasteiger partial charge in [-0.3, -0.25) is 9.47 Å². The van der Waals surface area contributed by atoms with Crippen LogP contribution in [0.25, 0.3) is 11.0 Å². The van der Waals surface area contributed by atoms with Crippen molar-refractivity contribution in [3.8, 4) is 0 Å². The normalized spacial score (nSPS) is 21.6. The van der Waals surface area contributed by atoms with Gasteiger partial charge >= 0.3 is 5.69 Å². The van der Waals surface area contributed by atoms with E-state index in [1.165, 1.54) is 18.4 Å². The molecule has 1 atom stereocenters. The van der Waals surface area contributed by atoms with E-state index in [2.05, 4.69) is 23.0 Å². The molecule has 2 aromatic rings. The summed E-state index contributed by atoms with van der Waals surface area (Å²) in [7, 11) is 2.10. The van der Waals surface area contributed by atoms with Crippen LogP contribution in [-0.2, 0) is 0 Å². The SMILES string of the molecule is Cc1ccc2c(c1)[nH]c(=O)n2C1CCCCN1C. The largest absolute Gasteiger partial charge is 0.327 e. The first-order valence-electron chi connectivity index (χ1n) is 6.58. The molecule has 1 N–H and O–H groups in total. The van der Waals surface area contributed by atoms with Crippen molar-refractivity contribution < 1.29 is 0 Å². The summed E-state index contributed by atoms with van der Waals surface area (Å²) in [6, 6.07) is 6.15. The minimum absolute atomic E-state index is 0.00866. The first-order valence-corrected chi connectivity index (χ1v) is 6.58. The average molecular weight is 245 g/mol. The summed E-state index contributed by atoms with van der Waals surface area (Å²) in [5.74, 6) is 0. The van der Waals surface area contributed by atoms with Crippen molar-refractivity contribution in [3.05, 3.63) is 34.2 Å². The number of imidazole rings is 1. The van der Waals surface area contributed by atoms with E-state index in [4.69, 9.17) is 0 Å². The van der Waals surface area contributed by atoms with Gasteiger partial charge in [0.05, 0.1) is 17.2 Å². The summed E-state index contributed by atoms with van der Waals surface area (Å²) in [6.07, 6.45) is 3.67. The van der Waals surface area contributed by atoms with E-state index in [1.807, 2.05) is 23.6 Å². The van der Waals surface area contributed by atoms with Crippen LogP contribution in [0.15, 0.2) is 23.0 Å². The topological polar surface area (TPSA) is 41.0 Å². The zero-order valence-electron chi connectivity index (χ0n) is 10.9. The molecule has 1 saturated heterocycles. The van der Waals surface area contributed by atoms with Crippen LogP contribution in [0.4, 0.5) is 0 Å². The van der Waals surface area contributed by atoms with Crippen LogP contribution in [0.2, 0.25) is 0 Å². The van der Waals surface area contributed by atoms with Gasteiger partial charge in [-0.2, -0.15) is 0 Å². The fraction of sp³-hybridized carbons (Fsp3) is 0.500. The van der Waals surface area contributed by atoms with Crippen LogP contribution in [0.3, 0.4) is 0 Å². The first-order chi connectivity index (χ1) is 8.66. The number of nitrogens with zero attached hydrogens (tertiary/aromatic N) is 2. The molecule has 3 rings (SSSR count). The summed E-state index contributed by atoms with van der Waals surface area (Å²) in [6.45, 7) is 3.11. The van der Waals surface area contributed by atoms with Crippen molar-refractivity contribution in [3.63, 3.8) is 0 Å². The average Bonchev–Trinajstić information content (AvgIpc) is 2.65. The maximum atomic E-state index is 12.2. The molecule has 0 amide bonds. The second kappa shape index (κ2) is 4.28. The molecule has 0 bridgehead atoms. The summed E-state index contributed by atoms with van der Waals surface area (Å²) < 4.78 is 1.91. The minimum atomic E-state index is 0.00866. The molecular formula is C14H19N3O. The van der Waals surface area contributed by atoms with Gasteiger partial charge in [-0.05, 0) is 57.5 Å². The molecule has 1 unspecified atom stereocenters. The number of fused-ring (bicyclic) bond motifs is 1. The van der Waals surface area contributed by atoms with E-state index >= 15 is 0 Å². The maximum Gasteiger partial charge on any atom is 0.327 e. The Morgan fingerprint density at radius 1 is 1.33 bits per heavy atom. The number of aromatic nitrogens is 2. The van der Waals surface area contributed by atoms with Crippen molar-refractivity contribution in [1.29, 1.82) is 0 Å². The number of hydrogen-bond donors (Lipinski definition) is 1. The molecule has 18 heavy (non-hydrogen) atoms. The van der Waals surface area contributed by atoms with Gasteiger partial charge in [0.25, 0.3) is 0 Å². The maximum absolute atomic E-state index is 12.2. The summed E-state index contributed by atoms with van der Waals surface area (Å²) in [5, 5.41) is 0. The van der Waals surface area contributed by atoms with E-state index in [0.29, 0.717) is 0 Å². The Morgan fingerprint density at radius 2 is 2.17 bits per heavy atom. The molecule has 0 saturated carbocycles. The molecule has 4 heteroatoms. The van der Waals surface area contributed by atoms with E-state index in [-0.39, 0.29) is 11.9 Å². The quantitative estimate of drug-likeness (QED) is 0.837. The highest BCUT2D eigenvalue weighted by Gasteiger charge is 2.23. The van der Waals surface area contributed by atoms with Crippen LogP contribution in [-0.4, -0.2) is 28.0 Å². The number of aromatic amines is 1. The van der Waals surface area contributed by atoms with Crippen molar-refractivity contribution in [2.75, 3.05) is 13.6 Å². The number of aryl methyl sites for hydroxylation is 1. The molecular weight excluding hydrogens is 226 g/mol. The van der Waals surface area contributed by atoms with Gasteiger partial charge in [-0.25, -0.2) is 4.79 Å². The summed E-state index contributed by atoms with van der Waals surface area (Å²) in [5.41, 5.74) is 3.14. The van der Waals surface area contributed by atoms with Crippen molar-refractivity contribution in [2.24, 2.45) is 0 Å². The third-order valence-corrected chi connectivity index (χ3v) is 3.90. The Labute approximate surface area is 106 Å². The Hall–Kier alpha value is -1.55. The lowest BCUT2D eigenvalue weighted by atomic mass is 10.1. The Kier molecular flexibility index (Phi) is 2.74. The van der Waals surface area contributed by atoms with Crippen LogP contribution in [0.1, 0.15) is 31.0 Å². The Bertz CT molecular complexity index is 625. The lowest BCUT2D eigenvalue weighted by molar-refractivity contribution is 0.128. The monoisotopic (exact) mass is 245 g/mol. The molecule has 4 nitrogen and oxygen atoms in total. The van der Waals surface area contributed by atoms with Crippen LogP contribution in [0.5, 0.6) is 0 Å². The molecule has 0 spiro atoms. The number of hydrogen-bond acceptors (Lipinski definition) is 2.